The van der Waals surface area contributed by atoms with Crippen LogP contribution in [0, 0.1) is 0 Å². The lowest BCUT2D eigenvalue weighted by atomic mass is 9.97. The Morgan fingerprint density at radius 3 is 2.70 bits per heavy atom. The summed E-state index contributed by atoms with van der Waals surface area (Å²) in [5.74, 6) is -0.128. The molecule has 1 saturated heterocycles. The molecular weight excluding hydrogens is 254 g/mol. The average molecular weight is 283 g/mol. The summed E-state index contributed by atoms with van der Waals surface area (Å²) in [6.07, 6.45) is 4.39. The smallest absolute Gasteiger partial charge is 0.325 e. The molecule has 5 heteroatoms. The predicted molar refractivity (Wildman–Crippen MR) is 79.7 cm³/mol. The summed E-state index contributed by atoms with van der Waals surface area (Å²) < 4.78 is 5.00. The number of nitrogens with one attached hydrogen (secondary N) is 1. The Morgan fingerprint density at radius 2 is 2.05 bits per heavy atom. The molecular formula is C15H29N3O2. The van der Waals surface area contributed by atoms with Crippen molar-refractivity contribution in [3.8, 4) is 0 Å². The first kappa shape index (κ1) is 15.7. The highest BCUT2D eigenvalue weighted by Gasteiger charge is 2.39. The molecule has 116 valence electrons. The third kappa shape index (κ3) is 4.43. The molecule has 1 aliphatic heterocycles. The van der Waals surface area contributed by atoms with Gasteiger partial charge < -0.3 is 14.5 Å². The van der Waals surface area contributed by atoms with Gasteiger partial charge in [-0.3, -0.25) is 10.1 Å². The van der Waals surface area contributed by atoms with Gasteiger partial charge in [-0.05, 0) is 52.7 Å². The minimum Gasteiger partial charge on any atom is -0.468 e. The maximum Gasteiger partial charge on any atom is 0.325 e. The minimum atomic E-state index is -0.534. The summed E-state index contributed by atoms with van der Waals surface area (Å²) >= 11 is 0. The number of hydrogen-bond donors (Lipinski definition) is 1. The lowest BCUT2D eigenvalue weighted by Crippen LogP contribution is -2.53. The number of ether oxygens (including phenoxy) is 1. The van der Waals surface area contributed by atoms with Crippen LogP contribution in [0.1, 0.15) is 32.6 Å². The summed E-state index contributed by atoms with van der Waals surface area (Å²) in [5.41, 5.74) is -0.534. The Kier molecular flexibility index (Phi) is 5.41. The molecule has 1 atom stereocenters. The number of rotatable bonds is 6. The lowest BCUT2D eigenvalue weighted by Gasteiger charge is -2.31. The molecule has 5 nitrogen and oxygen atoms in total. The van der Waals surface area contributed by atoms with Gasteiger partial charge in [-0.25, -0.2) is 0 Å². The summed E-state index contributed by atoms with van der Waals surface area (Å²) in [6.45, 7) is 7.46. The van der Waals surface area contributed by atoms with Crippen molar-refractivity contribution >= 4 is 5.97 Å². The fraction of sp³-hybridized carbons (Fsp3) is 0.933. The molecule has 1 heterocycles. The van der Waals surface area contributed by atoms with Crippen LogP contribution in [-0.2, 0) is 9.53 Å². The van der Waals surface area contributed by atoms with E-state index >= 15 is 0 Å². The van der Waals surface area contributed by atoms with E-state index in [0.717, 1.165) is 32.6 Å². The average Bonchev–Trinajstić information content (AvgIpc) is 3.24. The van der Waals surface area contributed by atoms with Crippen LogP contribution in [0.2, 0.25) is 0 Å². The van der Waals surface area contributed by atoms with E-state index in [0.29, 0.717) is 6.04 Å². The standard InChI is InChI=1S/C15H29N3O2/c1-15(14(19)20-3,16-13-5-6-13)7-10-18-9-4-8-17(2)11-12-18/h13,16H,4-12H2,1-3H3. The van der Waals surface area contributed by atoms with E-state index in [1.165, 1.54) is 32.9 Å². The fourth-order valence-electron chi connectivity index (χ4n) is 2.84. The van der Waals surface area contributed by atoms with Crippen LogP contribution >= 0.6 is 0 Å². The van der Waals surface area contributed by atoms with Crippen LogP contribution in [0.3, 0.4) is 0 Å². The quantitative estimate of drug-likeness (QED) is 0.727. The largest absolute Gasteiger partial charge is 0.468 e. The van der Waals surface area contributed by atoms with Crippen molar-refractivity contribution in [2.75, 3.05) is 46.9 Å². The molecule has 0 radical (unpaired) electrons. The first-order valence-corrected chi connectivity index (χ1v) is 7.80. The summed E-state index contributed by atoms with van der Waals surface area (Å²) in [6, 6.07) is 0.509. The van der Waals surface area contributed by atoms with Crippen molar-refractivity contribution < 1.29 is 9.53 Å². The van der Waals surface area contributed by atoms with Crippen molar-refractivity contribution in [1.82, 2.24) is 15.1 Å². The van der Waals surface area contributed by atoms with Gasteiger partial charge in [-0.2, -0.15) is 0 Å². The molecule has 0 amide bonds. The van der Waals surface area contributed by atoms with Crippen molar-refractivity contribution in [2.24, 2.45) is 0 Å². The number of likely N-dealkylation sites (N-methyl/N-ethyl adjacent to an activating group) is 1. The molecule has 0 spiro atoms. The van der Waals surface area contributed by atoms with Gasteiger partial charge in [-0.1, -0.05) is 0 Å². The van der Waals surface area contributed by atoms with Gasteiger partial charge in [0.25, 0.3) is 0 Å². The first-order valence-electron chi connectivity index (χ1n) is 7.80. The SMILES string of the molecule is COC(=O)C(C)(CCN1CCCN(C)CC1)NC1CC1. The molecule has 0 aromatic rings. The molecule has 2 rings (SSSR count). The zero-order valence-electron chi connectivity index (χ0n) is 13.2. The fourth-order valence-corrected chi connectivity index (χ4v) is 2.84. The molecule has 1 unspecified atom stereocenters. The molecule has 0 aromatic heterocycles. The van der Waals surface area contributed by atoms with Gasteiger partial charge in [0.05, 0.1) is 7.11 Å². The molecule has 2 aliphatic rings. The Bertz CT molecular complexity index is 333. The predicted octanol–water partition coefficient (Wildman–Crippen LogP) is 0.698. The van der Waals surface area contributed by atoms with E-state index in [9.17, 15) is 4.79 Å². The second kappa shape index (κ2) is 6.87. The number of carbonyl (C=O) groups is 1. The number of hydrogen-bond acceptors (Lipinski definition) is 5. The topological polar surface area (TPSA) is 44.8 Å². The van der Waals surface area contributed by atoms with Gasteiger partial charge in [-0.15, -0.1) is 0 Å². The zero-order chi connectivity index (χ0) is 14.6. The second-order valence-corrected chi connectivity index (χ2v) is 6.49. The Labute approximate surface area is 122 Å². The van der Waals surface area contributed by atoms with Crippen molar-refractivity contribution in [3.05, 3.63) is 0 Å². The Balaban J connectivity index is 1.85. The van der Waals surface area contributed by atoms with Gasteiger partial charge in [0.1, 0.15) is 5.54 Å². The van der Waals surface area contributed by atoms with E-state index in [2.05, 4.69) is 22.2 Å². The van der Waals surface area contributed by atoms with Crippen LogP contribution < -0.4 is 5.32 Å². The summed E-state index contributed by atoms with van der Waals surface area (Å²) in [7, 11) is 3.66. The third-order valence-electron chi connectivity index (χ3n) is 4.48. The lowest BCUT2D eigenvalue weighted by molar-refractivity contribution is -0.148. The normalized spacial score (nSPS) is 24.9. The number of nitrogens with zero attached hydrogens (tertiary/aromatic N) is 2. The summed E-state index contributed by atoms with van der Waals surface area (Å²) in [4.78, 5) is 16.9. The molecule has 0 aromatic carbocycles. The van der Waals surface area contributed by atoms with E-state index in [4.69, 9.17) is 4.74 Å². The molecule has 1 saturated carbocycles. The molecule has 0 bridgehead atoms. The van der Waals surface area contributed by atoms with Crippen LogP contribution in [0.4, 0.5) is 0 Å². The van der Waals surface area contributed by atoms with Gasteiger partial charge >= 0.3 is 5.97 Å². The summed E-state index contributed by atoms with van der Waals surface area (Å²) in [5, 5.41) is 3.47. The van der Waals surface area contributed by atoms with Crippen molar-refractivity contribution in [1.29, 1.82) is 0 Å². The van der Waals surface area contributed by atoms with E-state index in [1.54, 1.807) is 0 Å². The van der Waals surface area contributed by atoms with Crippen LogP contribution in [0.5, 0.6) is 0 Å². The molecule has 1 aliphatic carbocycles. The van der Waals surface area contributed by atoms with E-state index in [-0.39, 0.29) is 5.97 Å². The molecule has 20 heavy (non-hydrogen) atoms. The van der Waals surface area contributed by atoms with Crippen LogP contribution in [0.25, 0.3) is 0 Å². The highest BCUT2D eigenvalue weighted by Crippen LogP contribution is 2.25. The van der Waals surface area contributed by atoms with Gasteiger partial charge in [0.15, 0.2) is 0 Å². The minimum absolute atomic E-state index is 0.128. The third-order valence-corrected chi connectivity index (χ3v) is 4.48. The van der Waals surface area contributed by atoms with E-state index in [1.807, 2.05) is 6.92 Å². The maximum atomic E-state index is 12.1. The Hall–Kier alpha value is -0.650. The number of esters is 1. The monoisotopic (exact) mass is 283 g/mol. The van der Waals surface area contributed by atoms with Crippen LogP contribution in [-0.4, -0.2) is 74.2 Å². The van der Waals surface area contributed by atoms with Crippen LogP contribution in [0.15, 0.2) is 0 Å². The maximum absolute atomic E-state index is 12.1. The highest BCUT2D eigenvalue weighted by molar-refractivity contribution is 5.80. The number of carbonyl (C=O) groups excluding carboxylic acids is 1. The zero-order valence-corrected chi connectivity index (χ0v) is 13.2. The Morgan fingerprint density at radius 1 is 1.30 bits per heavy atom. The van der Waals surface area contributed by atoms with Crippen molar-refractivity contribution in [3.63, 3.8) is 0 Å². The molecule has 1 N–H and O–H groups in total. The van der Waals surface area contributed by atoms with Gasteiger partial charge in [0, 0.05) is 25.7 Å². The van der Waals surface area contributed by atoms with Crippen molar-refractivity contribution in [2.45, 2.75) is 44.2 Å². The second-order valence-electron chi connectivity index (χ2n) is 6.49. The molecule has 2 fully saturated rings. The van der Waals surface area contributed by atoms with E-state index < -0.39 is 5.54 Å². The van der Waals surface area contributed by atoms with Gasteiger partial charge in [0.2, 0.25) is 0 Å². The highest BCUT2D eigenvalue weighted by atomic mass is 16.5. The first-order chi connectivity index (χ1) is 9.53. The number of methoxy groups -OCH3 is 1.